The highest BCUT2D eigenvalue weighted by Gasteiger charge is 2.35. The Balaban J connectivity index is 2.03. The Morgan fingerprint density at radius 1 is 1.05 bits per heavy atom. The SMILES string of the molecule is CC1CCN(S(=O)(=O)N2CCCC(C)(O)CC2)CC1. The molecule has 112 valence electrons. The van der Waals surface area contributed by atoms with Gasteiger partial charge in [0.1, 0.15) is 0 Å². The quantitative estimate of drug-likeness (QED) is 0.831. The summed E-state index contributed by atoms with van der Waals surface area (Å²) >= 11 is 0. The average Bonchev–Trinajstić information content (AvgIpc) is 2.51. The molecule has 0 saturated carbocycles. The van der Waals surface area contributed by atoms with Crippen molar-refractivity contribution in [3.63, 3.8) is 0 Å². The Kier molecular flexibility index (Phi) is 4.55. The van der Waals surface area contributed by atoms with Crippen LogP contribution in [-0.2, 0) is 10.2 Å². The number of hydrogen-bond acceptors (Lipinski definition) is 3. The van der Waals surface area contributed by atoms with Gasteiger partial charge in [0, 0.05) is 26.2 Å². The van der Waals surface area contributed by atoms with Crippen molar-refractivity contribution in [3.8, 4) is 0 Å². The molecular weight excluding hydrogens is 264 g/mol. The molecule has 2 aliphatic rings. The van der Waals surface area contributed by atoms with E-state index in [4.69, 9.17) is 0 Å². The van der Waals surface area contributed by atoms with Crippen LogP contribution in [0, 0.1) is 5.92 Å². The molecule has 1 N–H and O–H groups in total. The standard InChI is InChI=1S/C13H26N2O3S/c1-12-4-9-15(10-5-12)19(17,18)14-8-3-6-13(2,16)7-11-14/h12,16H,3-11H2,1-2H3. The first-order valence-corrected chi connectivity index (χ1v) is 8.68. The van der Waals surface area contributed by atoms with Crippen LogP contribution in [0.1, 0.15) is 46.0 Å². The maximum atomic E-state index is 12.6. The summed E-state index contributed by atoms with van der Waals surface area (Å²) in [6.07, 6.45) is 3.83. The van der Waals surface area contributed by atoms with Crippen molar-refractivity contribution in [2.45, 2.75) is 51.6 Å². The largest absolute Gasteiger partial charge is 0.390 e. The van der Waals surface area contributed by atoms with E-state index in [2.05, 4.69) is 6.92 Å². The highest BCUT2D eigenvalue weighted by atomic mass is 32.2. The molecule has 1 atom stereocenters. The lowest BCUT2D eigenvalue weighted by Gasteiger charge is -2.33. The lowest BCUT2D eigenvalue weighted by atomic mass is 9.98. The molecule has 6 heteroatoms. The Morgan fingerprint density at radius 2 is 1.63 bits per heavy atom. The van der Waals surface area contributed by atoms with Crippen molar-refractivity contribution in [2.75, 3.05) is 26.2 Å². The van der Waals surface area contributed by atoms with Crippen LogP contribution in [0.25, 0.3) is 0 Å². The number of piperidine rings is 1. The summed E-state index contributed by atoms with van der Waals surface area (Å²) in [5.74, 6) is 0.622. The first kappa shape index (κ1) is 15.2. The van der Waals surface area contributed by atoms with Crippen molar-refractivity contribution in [1.29, 1.82) is 0 Å². The minimum absolute atomic E-state index is 0.432. The zero-order valence-corrected chi connectivity index (χ0v) is 12.8. The van der Waals surface area contributed by atoms with Gasteiger partial charge in [0.15, 0.2) is 0 Å². The molecule has 2 rings (SSSR count). The first-order chi connectivity index (χ1) is 8.81. The van der Waals surface area contributed by atoms with E-state index in [0.717, 1.165) is 19.3 Å². The lowest BCUT2D eigenvalue weighted by Crippen LogP contribution is -2.47. The van der Waals surface area contributed by atoms with Crippen LogP contribution in [0.3, 0.4) is 0 Å². The Hall–Kier alpha value is -0.170. The normalized spacial score (nSPS) is 33.2. The number of hydrogen-bond donors (Lipinski definition) is 1. The molecule has 0 aromatic carbocycles. The molecule has 1 unspecified atom stereocenters. The van der Waals surface area contributed by atoms with Gasteiger partial charge in [-0.3, -0.25) is 0 Å². The molecule has 0 aliphatic carbocycles. The van der Waals surface area contributed by atoms with Gasteiger partial charge in [-0.1, -0.05) is 6.92 Å². The molecular formula is C13H26N2O3S. The van der Waals surface area contributed by atoms with E-state index in [-0.39, 0.29) is 0 Å². The minimum Gasteiger partial charge on any atom is -0.390 e. The molecule has 0 aromatic heterocycles. The van der Waals surface area contributed by atoms with Crippen molar-refractivity contribution < 1.29 is 13.5 Å². The van der Waals surface area contributed by atoms with Gasteiger partial charge in [-0.25, -0.2) is 0 Å². The minimum atomic E-state index is -3.33. The molecule has 0 aromatic rings. The summed E-state index contributed by atoms with van der Waals surface area (Å²) in [6.45, 7) is 6.21. The maximum Gasteiger partial charge on any atom is 0.281 e. The number of aliphatic hydroxyl groups is 1. The first-order valence-electron chi connectivity index (χ1n) is 7.29. The summed E-state index contributed by atoms with van der Waals surface area (Å²) in [5.41, 5.74) is -0.722. The van der Waals surface area contributed by atoms with Gasteiger partial charge in [-0.15, -0.1) is 0 Å². The smallest absolute Gasteiger partial charge is 0.281 e. The van der Waals surface area contributed by atoms with Gasteiger partial charge in [0.2, 0.25) is 0 Å². The predicted molar refractivity (Wildman–Crippen MR) is 74.9 cm³/mol. The molecule has 2 heterocycles. The fraction of sp³-hybridized carbons (Fsp3) is 1.00. The fourth-order valence-electron chi connectivity index (χ4n) is 2.85. The predicted octanol–water partition coefficient (Wildman–Crippen LogP) is 1.20. The summed E-state index contributed by atoms with van der Waals surface area (Å²) in [4.78, 5) is 0. The summed E-state index contributed by atoms with van der Waals surface area (Å²) in [6, 6.07) is 0. The van der Waals surface area contributed by atoms with E-state index in [1.807, 2.05) is 0 Å². The number of nitrogens with zero attached hydrogens (tertiary/aromatic N) is 2. The van der Waals surface area contributed by atoms with E-state index in [9.17, 15) is 13.5 Å². The molecule has 2 saturated heterocycles. The van der Waals surface area contributed by atoms with E-state index in [1.165, 1.54) is 0 Å². The van der Waals surface area contributed by atoms with Crippen LogP contribution in [0.4, 0.5) is 0 Å². The molecule has 2 aliphatic heterocycles. The van der Waals surface area contributed by atoms with Gasteiger partial charge < -0.3 is 5.11 Å². The van der Waals surface area contributed by atoms with Crippen LogP contribution in [-0.4, -0.2) is 53.9 Å². The highest BCUT2D eigenvalue weighted by molar-refractivity contribution is 7.86. The van der Waals surface area contributed by atoms with Crippen molar-refractivity contribution >= 4 is 10.2 Å². The van der Waals surface area contributed by atoms with Crippen LogP contribution in [0.2, 0.25) is 0 Å². The zero-order chi connectivity index (χ0) is 14.1. The van der Waals surface area contributed by atoms with E-state index in [1.54, 1.807) is 15.5 Å². The number of rotatable bonds is 2. The van der Waals surface area contributed by atoms with Crippen molar-refractivity contribution in [3.05, 3.63) is 0 Å². The third kappa shape index (κ3) is 3.68. The van der Waals surface area contributed by atoms with Crippen LogP contribution < -0.4 is 0 Å². The lowest BCUT2D eigenvalue weighted by molar-refractivity contribution is 0.0464. The summed E-state index contributed by atoms with van der Waals surface area (Å²) in [7, 11) is -3.33. The fourth-order valence-corrected chi connectivity index (χ4v) is 4.53. The average molecular weight is 290 g/mol. The molecule has 0 amide bonds. The van der Waals surface area contributed by atoms with E-state index < -0.39 is 15.8 Å². The van der Waals surface area contributed by atoms with Gasteiger partial charge in [-0.05, 0) is 44.9 Å². The molecule has 2 fully saturated rings. The van der Waals surface area contributed by atoms with E-state index >= 15 is 0 Å². The summed E-state index contributed by atoms with van der Waals surface area (Å²) < 4.78 is 28.3. The second-order valence-corrected chi connectivity index (χ2v) is 8.27. The third-order valence-corrected chi connectivity index (χ3v) is 6.45. The van der Waals surface area contributed by atoms with E-state index in [0.29, 0.717) is 44.9 Å². The Bertz CT molecular complexity index is 400. The van der Waals surface area contributed by atoms with Crippen molar-refractivity contribution in [1.82, 2.24) is 8.61 Å². The van der Waals surface area contributed by atoms with Gasteiger partial charge in [0.05, 0.1) is 5.60 Å². The monoisotopic (exact) mass is 290 g/mol. The Labute approximate surface area is 116 Å². The highest BCUT2D eigenvalue weighted by Crippen LogP contribution is 2.26. The van der Waals surface area contributed by atoms with Gasteiger partial charge in [0.25, 0.3) is 10.2 Å². The second-order valence-electron chi connectivity index (χ2n) is 6.34. The molecule has 0 radical (unpaired) electrons. The summed E-state index contributed by atoms with van der Waals surface area (Å²) in [5, 5.41) is 10.0. The van der Waals surface area contributed by atoms with Crippen LogP contribution >= 0.6 is 0 Å². The molecule has 19 heavy (non-hydrogen) atoms. The molecule has 5 nitrogen and oxygen atoms in total. The van der Waals surface area contributed by atoms with Crippen LogP contribution in [0.15, 0.2) is 0 Å². The second kappa shape index (κ2) is 5.68. The molecule has 0 spiro atoms. The van der Waals surface area contributed by atoms with Gasteiger partial charge in [-0.2, -0.15) is 17.0 Å². The van der Waals surface area contributed by atoms with Crippen molar-refractivity contribution in [2.24, 2.45) is 5.92 Å². The van der Waals surface area contributed by atoms with Crippen LogP contribution in [0.5, 0.6) is 0 Å². The maximum absolute atomic E-state index is 12.6. The Morgan fingerprint density at radius 3 is 2.26 bits per heavy atom. The zero-order valence-electron chi connectivity index (χ0n) is 12.0. The third-order valence-electron chi connectivity index (χ3n) is 4.42. The van der Waals surface area contributed by atoms with Gasteiger partial charge >= 0.3 is 0 Å². The molecule has 0 bridgehead atoms. The topological polar surface area (TPSA) is 60.9 Å².